The number of phosphoric ester groups is 1. The van der Waals surface area contributed by atoms with Gasteiger partial charge in [-0.3, -0.25) is 14.2 Å². The van der Waals surface area contributed by atoms with Crippen LogP contribution in [-0.2, 0) is 32.7 Å². The van der Waals surface area contributed by atoms with Gasteiger partial charge in [0.2, 0.25) is 0 Å². The first-order valence-electron chi connectivity index (χ1n) is 40.5. The summed E-state index contributed by atoms with van der Waals surface area (Å²) in [5, 5.41) is 0. The molecule has 2 unspecified atom stereocenters. The second-order valence-corrected chi connectivity index (χ2v) is 29.1. The van der Waals surface area contributed by atoms with Crippen molar-refractivity contribution in [1.82, 2.24) is 0 Å². The average Bonchev–Trinajstić information content (AvgIpc) is 1.02. The molecule has 0 rings (SSSR count). The molecule has 0 saturated carbocycles. The van der Waals surface area contributed by atoms with Crippen molar-refractivity contribution in [3.05, 3.63) is 182 Å². The van der Waals surface area contributed by atoms with E-state index in [0.29, 0.717) is 17.4 Å². The van der Waals surface area contributed by atoms with Gasteiger partial charge < -0.3 is 27.9 Å². The molecule has 0 saturated heterocycles. The van der Waals surface area contributed by atoms with E-state index in [1.807, 2.05) is 21.1 Å². The van der Waals surface area contributed by atoms with Gasteiger partial charge in [-0.1, -0.05) is 357 Å². The third-order valence-corrected chi connectivity index (χ3v) is 17.9. The number of ether oxygens (including phenoxy) is 2. The van der Waals surface area contributed by atoms with Crippen molar-refractivity contribution >= 4 is 19.8 Å². The van der Waals surface area contributed by atoms with Gasteiger partial charge in [-0.2, -0.15) is 0 Å². The Kier molecular flexibility index (Phi) is 74.4. The highest BCUT2D eigenvalue weighted by molar-refractivity contribution is 7.45. The molecule has 568 valence electrons. The topological polar surface area (TPSA) is 111 Å². The largest absolute Gasteiger partial charge is 0.756 e. The van der Waals surface area contributed by atoms with Gasteiger partial charge in [0.15, 0.2) is 6.10 Å². The quantitative estimate of drug-likeness (QED) is 0.0195. The van der Waals surface area contributed by atoms with Crippen LogP contribution in [0.25, 0.3) is 0 Å². The van der Waals surface area contributed by atoms with Crippen LogP contribution >= 0.6 is 7.82 Å². The molecule has 0 aromatic carbocycles. The zero-order valence-electron chi connectivity index (χ0n) is 64.8. The minimum atomic E-state index is -4.67. The molecule has 0 amide bonds. The van der Waals surface area contributed by atoms with Gasteiger partial charge in [-0.15, -0.1) is 0 Å². The summed E-state index contributed by atoms with van der Waals surface area (Å²) in [6.45, 7) is 3.98. The molecule has 0 aromatic rings. The van der Waals surface area contributed by atoms with Crippen LogP contribution in [0.1, 0.15) is 322 Å². The predicted octanol–water partition coefficient (Wildman–Crippen LogP) is 26.8. The Labute approximate surface area is 616 Å². The molecule has 0 heterocycles. The summed E-state index contributed by atoms with van der Waals surface area (Å²) in [6.07, 6.45) is 120. The van der Waals surface area contributed by atoms with E-state index in [9.17, 15) is 19.0 Å². The van der Waals surface area contributed by atoms with Crippen molar-refractivity contribution in [2.24, 2.45) is 0 Å². The first-order valence-corrected chi connectivity index (χ1v) is 42.0. The van der Waals surface area contributed by atoms with E-state index in [-0.39, 0.29) is 26.1 Å². The molecule has 10 heteroatoms. The maximum atomic E-state index is 12.9. The SMILES string of the molecule is CC/C=C\C/C=C\C/C=C\C/C=C\C/C=C\C/C=C\C/C=C\C/C=C\C/C=C\C/C=C\C/C=C\CCCCCC(=O)OC(COC(=O)CCCCCCCCCCCCCCCCCCCCCCCCCCCC/C=C\C/C=C\C/C=C\C/C=C\CC)COP(=O)([O-])OCC[N+](C)(C)C. The smallest absolute Gasteiger partial charge is 0.306 e. The monoisotopic (exact) mass is 1400 g/mol. The molecule has 0 aliphatic rings. The molecular formula is C90H150NO8P. The number of carbonyl (C=O) groups excluding carboxylic acids is 2. The maximum Gasteiger partial charge on any atom is 0.306 e. The third kappa shape index (κ3) is 82.1. The highest BCUT2D eigenvalue weighted by Gasteiger charge is 2.22. The molecule has 2 atom stereocenters. The molecule has 9 nitrogen and oxygen atoms in total. The fourth-order valence-corrected chi connectivity index (χ4v) is 11.6. The number of rotatable bonds is 73. The molecule has 0 spiro atoms. The summed E-state index contributed by atoms with van der Waals surface area (Å²) in [4.78, 5) is 38.2. The van der Waals surface area contributed by atoms with Crippen molar-refractivity contribution in [1.29, 1.82) is 0 Å². The van der Waals surface area contributed by atoms with Crippen molar-refractivity contribution in [3.8, 4) is 0 Å². The van der Waals surface area contributed by atoms with Crippen LogP contribution in [0, 0.1) is 0 Å². The lowest BCUT2D eigenvalue weighted by Crippen LogP contribution is -2.37. The van der Waals surface area contributed by atoms with Crippen LogP contribution in [0.3, 0.4) is 0 Å². The van der Waals surface area contributed by atoms with E-state index >= 15 is 0 Å². The van der Waals surface area contributed by atoms with Crippen molar-refractivity contribution < 1.29 is 42.1 Å². The Morgan fingerprint density at radius 3 is 0.810 bits per heavy atom. The molecule has 0 aliphatic carbocycles. The number of phosphoric acid groups is 1. The van der Waals surface area contributed by atoms with E-state index < -0.39 is 32.5 Å². The average molecular weight is 1410 g/mol. The minimum absolute atomic E-state index is 0.0450. The van der Waals surface area contributed by atoms with Crippen LogP contribution in [0.4, 0.5) is 0 Å². The van der Waals surface area contributed by atoms with Crippen LogP contribution in [0.5, 0.6) is 0 Å². The van der Waals surface area contributed by atoms with Crippen LogP contribution in [-0.4, -0.2) is 70.0 Å². The summed E-state index contributed by atoms with van der Waals surface area (Å²) < 4.78 is 34.4. The summed E-state index contributed by atoms with van der Waals surface area (Å²) in [7, 11) is 1.13. The molecule has 100 heavy (non-hydrogen) atoms. The predicted molar refractivity (Wildman–Crippen MR) is 433 cm³/mol. The number of hydrogen-bond acceptors (Lipinski definition) is 8. The van der Waals surface area contributed by atoms with Crippen molar-refractivity contribution in [2.75, 3.05) is 47.5 Å². The Hall–Kier alpha value is -4.89. The number of esters is 2. The van der Waals surface area contributed by atoms with Gasteiger partial charge in [0.05, 0.1) is 27.7 Å². The van der Waals surface area contributed by atoms with Gasteiger partial charge >= 0.3 is 11.9 Å². The molecule has 0 N–H and O–H groups in total. The molecule has 0 bridgehead atoms. The minimum Gasteiger partial charge on any atom is -0.756 e. The van der Waals surface area contributed by atoms with E-state index in [2.05, 4.69) is 196 Å². The maximum absolute atomic E-state index is 12.9. The molecule has 0 fully saturated rings. The lowest BCUT2D eigenvalue weighted by atomic mass is 10.0. The van der Waals surface area contributed by atoms with Gasteiger partial charge in [0.1, 0.15) is 19.8 Å². The summed E-state index contributed by atoms with van der Waals surface area (Å²) in [5.41, 5.74) is 0. The first kappa shape index (κ1) is 95.1. The summed E-state index contributed by atoms with van der Waals surface area (Å²) in [5.74, 6) is -0.872. The second-order valence-electron chi connectivity index (χ2n) is 27.7. The van der Waals surface area contributed by atoms with E-state index in [4.69, 9.17) is 18.5 Å². The first-order chi connectivity index (χ1) is 49.0. The third-order valence-electron chi connectivity index (χ3n) is 16.9. The van der Waals surface area contributed by atoms with Gasteiger partial charge in [-0.25, -0.2) is 0 Å². The Balaban J connectivity index is 4.05. The number of unbranched alkanes of at least 4 members (excludes halogenated alkanes) is 29. The molecule has 0 aromatic heterocycles. The molecule has 0 aliphatic heterocycles. The van der Waals surface area contributed by atoms with Crippen LogP contribution in [0.15, 0.2) is 182 Å². The second kappa shape index (κ2) is 78.3. The van der Waals surface area contributed by atoms with Crippen molar-refractivity contribution in [3.63, 3.8) is 0 Å². The van der Waals surface area contributed by atoms with Gasteiger partial charge in [0.25, 0.3) is 7.82 Å². The Morgan fingerprint density at radius 2 is 0.540 bits per heavy atom. The highest BCUT2D eigenvalue weighted by Crippen LogP contribution is 2.38. The molecule has 0 radical (unpaired) electrons. The Bertz CT molecular complexity index is 2350. The number of hydrogen-bond donors (Lipinski definition) is 0. The fourth-order valence-electron chi connectivity index (χ4n) is 10.8. The van der Waals surface area contributed by atoms with Crippen LogP contribution in [0.2, 0.25) is 0 Å². The standard InChI is InChI=1S/C90H150NO8P/c1-6-8-10-12-14-16-18-20-22-24-26-28-30-32-34-36-38-40-42-44-45-47-48-50-52-54-56-58-60-62-64-66-68-70-72-74-76-78-80-82-89(92)96-86-88(87-98-100(94,95)97-85-84-91(3,4)5)99-90(93)83-81-79-77-75-73-71-69-67-65-63-61-59-57-55-53-51-49-46-43-41-39-37-35-33-31-29-27-25-23-21-19-17-15-13-11-9-7-2/h8-11,14-17,20-23,26-29,33,35,39,41,46,49,53,55,59,61,65,67,71,73,88H,6-7,12-13,18-19,24-25,30-32,34,36-38,40,42-45,47-48,50-52,54,56-58,60,62-64,66,68-70,72,74-87H2,1-5H3/b10-8-,11-9-,16-14-,17-15-,22-20-,23-21-,28-26-,29-27-,35-33-,41-39-,49-46-,55-53-,61-59-,67-65-,73-71-. The van der Waals surface area contributed by atoms with E-state index in [0.717, 1.165) is 135 Å². The summed E-state index contributed by atoms with van der Waals surface area (Å²) in [6, 6.07) is 0. The zero-order chi connectivity index (χ0) is 72.5. The number of quaternary nitrogens is 1. The fraction of sp³-hybridized carbons (Fsp3) is 0.644. The summed E-state index contributed by atoms with van der Waals surface area (Å²) >= 11 is 0. The number of carbonyl (C=O) groups is 2. The normalized spacial score (nSPS) is 14.0. The van der Waals surface area contributed by atoms with E-state index in [1.54, 1.807) is 0 Å². The van der Waals surface area contributed by atoms with Gasteiger partial charge in [-0.05, 0) is 135 Å². The lowest BCUT2D eigenvalue weighted by molar-refractivity contribution is -0.870. The zero-order valence-corrected chi connectivity index (χ0v) is 65.7. The van der Waals surface area contributed by atoms with E-state index in [1.165, 1.54) is 154 Å². The number of allylic oxidation sites excluding steroid dienone is 30. The number of likely N-dealkylation sites (N-methyl/N-ethyl adjacent to an activating group) is 1. The number of nitrogens with zero attached hydrogens (tertiary/aromatic N) is 1. The molecular weight excluding hydrogens is 1250 g/mol. The Morgan fingerprint density at radius 1 is 0.310 bits per heavy atom. The van der Waals surface area contributed by atoms with Gasteiger partial charge in [0, 0.05) is 12.8 Å². The highest BCUT2D eigenvalue weighted by atomic mass is 31.2. The van der Waals surface area contributed by atoms with Crippen LogP contribution < -0.4 is 4.89 Å². The lowest BCUT2D eigenvalue weighted by Gasteiger charge is -2.28. The van der Waals surface area contributed by atoms with Crippen molar-refractivity contribution in [2.45, 2.75) is 328 Å².